The summed E-state index contributed by atoms with van der Waals surface area (Å²) in [5.41, 5.74) is 0.555. The summed E-state index contributed by atoms with van der Waals surface area (Å²) in [4.78, 5) is 22.9. The van der Waals surface area contributed by atoms with Crippen molar-refractivity contribution in [3.8, 4) is 0 Å². The third kappa shape index (κ3) is 7.86. The molecule has 0 spiro atoms. The molecule has 1 unspecified atom stereocenters. The van der Waals surface area contributed by atoms with Crippen LogP contribution in [0.25, 0.3) is 0 Å². The zero-order valence-corrected chi connectivity index (χ0v) is 13.9. The summed E-state index contributed by atoms with van der Waals surface area (Å²) in [5, 5.41) is 29.2. The van der Waals surface area contributed by atoms with Crippen molar-refractivity contribution in [2.24, 2.45) is 0 Å². The molecule has 1 fully saturated rings. The summed E-state index contributed by atoms with van der Waals surface area (Å²) in [6.45, 7) is 2.15. The molecule has 1 aliphatic heterocycles. The predicted molar refractivity (Wildman–Crippen MR) is 88.4 cm³/mol. The highest BCUT2D eigenvalue weighted by atomic mass is 19.1. The smallest absolute Gasteiger partial charge is 0.328 e. The van der Waals surface area contributed by atoms with E-state index in [1.807, 2.05) is 0 Å². The number of carboxylic acid groups (broad SMARTS) is 2. The van der Waals surface area contributed by atoms with Gasteiger partial charge in [0.15, 0.2) is 0 Å². The van der Waals surface area contributed by atoms with Gasteiger partial charge in [0, 0.05) is 36.0 Å². The molecule has 0 amide bonds. The molecule has 0 aliphatic carbocycles. The number of nitrogens with one attached hydrogen (secondary N) is 1. The average Bonchev–Trinajstić information content (AvgIpc) is 3.02. The molecular weight excluding hydrogens is 331 g/mol. The second-order valence-corrected chi connectivity index (χ2v) is 5.73. The van der Waals surface area contributed by atoms with Gasteiger partial charge in [-0.15, -0.1) is 0 Å². The van der Waals surface area contributed by atoms with Crippen molar-refractivity contribution in [1.29, 1.82) is 0 Å². The Morgan fingerprint density at radius 1 is 1.32 bits per heavy atom. The number of halogens is 1. The number of carbonyl (C=O) groups is 2. The molecule has 0 aromatic carbocycles. The molecule has 2 rings (SSSR count). The maximum atomic E-state index is 13.0. The molecule has 1 aromatic rings. The summed E-state index contributed by atoms with van der Waals surface area (Å²) in [6, 6.07) is 1.86. The Hall–Kier alpha value is -2.32. The van der Waals surface area contributed by atoms with Crippen molar-refractivity contribution in [3.05, 3.63) is 42.0 Å². The van der Waals surface area contributed by atoms with Gasteiger partial charge in [0.25, 0.3) is 0 Å². The number of nitrogens with zero attached hydrogens (tertiary/aromatic N) is 1. The van der Waals surface area contributed by atoms with E-state index in [4.69, 9.17) is 10.2 Å². The standard InChI is InChI=1S/C13H19FN2O.C4H4O4/c1-2-3-11-4-5-12(16-11)13(17)9-6-10(14)8-15-7-9;5-3(6)1-2-4(7)8/h6-8,11-13,16-17H,2-5H2,1H3;1-2H,(H,5,6)(H,7,8)/b;2-1-/t11-,12-,13?;/m1./s1. The average molecular weight is 354 g/mol. The molecule has 1 aliphatic rings. The lowest BCUT2D eigenvalue weighted by Crippen LogP contribution is -2.34. The van der Waals surface area contributed by atoms with Gasteiger partial charge in [0.2, 0.25) is 0 Å². The minimum absolute atomic E-state index is 0.0233. The van der Waals surface area contributed by atoms with Crippen LogP contribution in [0.4, 0.5) is 4.39 Å². The topological polar surface area (TPSA) is 120 Å². The summed E-state index contributed by atoms with van der Waals surface area (Å²) >= 11 is 0. The zero-order chi connectivity index (χ0) is 18.8. The summed E-state index contributed by atoms with van der Waals surface area (Å²) < 4.78 is 13.0. The normalized spacial score (nSPS) is 20.8. The van der Waals surface area contributed by atoms with E-state index in [0.717, 1.165) is 31.9 Å². The van der Waals surface area contributed by atoms with Gasteiger partial charge in [-0.25, -0.2) is 14.0 Å². The van der Waals surface area contributed by atoms with Gasteiger partial charge in [-0.1, -0.05) is 13.3 Å². The van der Waals surface area contributed by atoms with Crippen LogP contribution in [-0.2, 0) is 9.59 Å². The van der Waals surface area contributed by atoms with Crippen LogP contribution in [0, 0.1) is 5.82 Å². The molecule has 138 valence electrons. The van der Waals surface area contributed by atoms with Gasteiger partial charge in [-0.05, 0) is 25.3 Å². The Labute approximate surface area is 145 Å². The van der Waals surface area contributed by atoms with Crippen molar-refractivity contribution >= 4 is 11.9 Å². The van der Waals surface area contributed by atoms with E-state index in [9.17, 15) is 19.1 Å². The van der Waals surface area contributed by atoms with Gasteiger partial charge in [-0.2, -0.15) is 0 Å². The molecule has 0 saturated carbocycles. The first-order chi connectivity index (χ1) is 11.8. The first-order valence-electron chi connectivity index (χ1n) is 8.02. The number of aliphatic hydroxyl groups excluding tert-OH is 1. The SMILES string of the molecule is CCC[C@@H]1CC[C@H](C(O)c2cncc(F)c2)N1.O=C(O)/C=C\C(=O)O. The largest absolute Gasteiger partial charge is 0.478 e. The Kier molecular flexibility index (Phi) is 8.73. The first kappa shape index (κ1) is 20.7. The highest BCUT2D eigenvalue weighted by Crippen LogP contribution is 2.26. The lowest BCUT2D eigenvalue weighted by atomic mass is 10.0. The summed E-state index contributed by atoms with van der Waals surface area (Å²) in [5.74, 6) is -2.91. The minimum Gasteiger partial charge on any atom is -0.478 e. The van der Waals surface area contributed by atoms with Crippen LogP contribution in [0.5, 0.6) is 0 Å². The highest BCUT2D eigenvalue weighted by molar-refractivity contribution is 5.89. The number of hydrogen-bond acceptors (Lipinski definition) is 5. The molecule has 7 nitrogen and oxygen atoms in total. The van der Waals surface area contributed by atoms with Crippen molar-refractivity contribution in [3.63, 3.8) is 0 Å². The molecule has 25 heavy (non-hydrogen) atoms. The van der Waals surface area contributed by atoms with Crippen LogP contribution in [-0.4, -0.2) is 44.3 Å². The molecule has 0 bridgehead atoms. The molecule has 0 radical (unpaired) electrons. The number of pyridine rings is 1. The van der Waals surface area contributed by atoms with Gasteiger partial charge in [-0.3, -0.25) is 4.98 Å². The Bertz CT molecular complexity index is 592. The van der Waals surface area contributed by atoms with Gasteiger partial charge in [0.05, 0.1) is 12.3 Å². The lowest BCUT2D eigenvalue weighted by Gasteiger charge is -2.20. The van der Waals surface area contributed by atoms with E-state index in [1.165, 1.54) is 12.3 Å². The first-order valence-corrected chi connectivity index (χ1v) is 8.02. The fourth-order valence-corrected chi connectivity index (χ4v) is 2.64. The van der Waals surface area contributed by atoms with Gasteiger partial charge < -0.3 is 20.6 Å². The summed E-state index contributed by atoms with van der Waals surface area (Å²) in [6.07, 6.45) is 7.42. The Balaban J connectivity index is 0.000000333. The predicted octanol–water partition coefficient (Wildman–Crippen LogP) is 1.89. The van der Waals surface area contributed by atoms with Gasteiger partial charge in [0.1, 0.15) is 5.82 Å². The second-order valence-electron chi connectivity index (χ2n) is 5.73. The van der Waals surface area contributed by atoms with E-state index in [2.05, 4.69) is 17.2 Å². The second kappa shape index (κ2) is 10.5. The molecule has 2 heterocycles. The maximum absolute atomic E-state index is 13.0. The minimum atomic E-state index is -1.26. The number of aliphatic carboxylic acids is 2. The molecule has 3 atom stereocenters. The molecule has 1 saturated heterocycles. The van der Waals surface area contributed by atoms with E-state index >= 15 is 0 Å². The van der Waals surface area contributed by atoms with Crippen molar-refractivity contribution in [2.45, 2.75) is 50.8 Å². The monoisotopic (exact) mass is 354 g/mol. The number of hydrogen-bond donors (Lipinski definition) is 4. The number of aromatic nitrogens is 1. The van der Waals surface area contributed by atoms with Crippen LogP contribution in [0.3, 0.4) is 0 Å². The Morgan fingerprint density at radius 2 is 1.96 bits per heavy atom. The third-order valence-electron chi connectivity index (χ3n) is 3.73. The third-order valence-corrected chi connectivity index (χ3v) is 3.73. The van der Waals surface area contributed by atoms with E-state index < -0.39 is 23.9 Å². The van der Waals surface area contributed by atoms with Crippen molar-refractivity contribution in [2.75, 3.05) is 0 Å². The number of aliphatic hydroxyl groups is 1. The maximum Gasteiger partial charge on any atom is 0.328 e. The van der Waals surface area contributed by atoms with E-state index in [0.29, 0.717) is 23.8 Å². The Morgan fingerprint density at radius 3 is 2.48 bits per heavy atom. The highest BCUT2D eigenvalue weighted by Gasteiger charge is 2.29. The number of carboxylic acids is 2. The quantitative estimate of drug-likeness (QED) is 0.576. The summed E-state index contributed by atoms with van der Waals surface area (Å²) in [7, 11) is 0. The fraction of sp³-hybridized carbons (Fsp3) is 0.471. The van der Waals surface area contributed by atoms with Crippen LogP contribution in [0.15, 0.2) is 30.6 Å². The van der Waals surface area contributed by atoms with Crippen molar-refractivity contribution < 1.29 is 29.3 Å². The molecular formula is C17H23FN2O5. The fourth-order valence-electron chi connectivity index (χ4n) is 2.64. The zero-order valence-electron chi connectivity index (χ0n) is 13.9. The van der Waals surface area contributed by atoms with Gasteiger partial charge >= 0.3 is 11.9 Å². The van der Waals surface area contributed by atoms with Crippen LogP contribution >= 0.6 is 0 Å². The number of rotatable bonds is 6. The molecule has 4 N–H and O–H groups in total. The van der Waals surface area contributed by atoms with E-state index in [-0.39, 0.29) is 6.04 Å². The van der Waals surface area contributed by atoms with Crippen LogP contribution < -0.4 is 5.32 Å². The van der Waals surface area contributed by atoms with Crippen LogP contribution in [0.2, 0.25) is 0 Å². The lowest BCUT2D eigenvalue weighted by molar-refractivity contribution is -0.134. The molecule has 8 heteroatoms. The van der Waals surface area contributed by atoms with E-state index in [1.54, 1.807) is 0 Å². The molecule has 1 aromatic heterocycles. The van der Waals surface area contributed by atoms with Crippen molar-refractivity contribution in [1.82, 2.24) is 10.3 Å². The van der Waals surface area contributed by atoms with Crippen LogP contribution in [0.1, 0.15) is 44.3 Å².